The summed E-state index contributed by atoms with van der Waals surface area (Å²) >= 11 is 9.44. The number of hydrogen-bond acceptors (Lipinski definition) is 5. The molecule has 45 heavy (non-hydrogen) atoms. The van der Waals surface area contributed by atoms with Crippen LogP contribution in [0.1, 0.15) is 58.8 Å². The Kier molecular flexibility index (Phi) is 9.37. The molecule has 3 heterocycles. The molecule has 1 N–H and O–H groups in total. The number of likely N-dealkylation sites (tertiary alicyclic amines) is 2. The molecule has 0 spiro atoms. The van der Waals surface area contributed by atoms with E-state index in [1.54, 1.807) is 35.2 Å². The number of halogens is 2. The van der Waals surface area contributed by atoms with Crippen LogP contribution in [0, 0.1) is 0 Å². The highest BCUT2D eigenvalue weighted by atomic mass is 79.9. The first-order valence-corrected chi connectivity index (χ1v) is 16.4. The Labute approximate surface area is 274 Å². The molecule has 4 aromatic rings. The molecule has 3 aromatic carbocycles. The second-order valence-corrected chi connectivity index (χ2v) is 13.0. The van der Waals surface area contributed by atoms with Crippen molar-refractivity contribution < 1.29 is 18.8 Å². The Bertz CT molecular complexity index is 1800. The van der Waals surface area contributed by atoms with Crippen LogP contribution < -0.4 is 10.7 Å². The minimum absolute atomic E-state index is 0.157. The zero-order valence-corrected chi connectivity index (χ0v) is 27.0. The molecule has 0 saturated carbocycles. The van der Waals surface area contributed by atoms with Crippen molar-refractivity contribution in [2.45, 2.75) is 50.6 Å². The van der Waals surface area contributed by atoms with E-state index in [1.807, 2.05) is 29.2 Å². The average Bonchev–Trinajstić information content (AvgIpc) is 3.45. The number of piperidine rings is 1. The van der Waals surface area contributed by atoms with E-state index in [0.717, 1.165) is 47.5 Å². The Hall–Kier alpha value is -3.95. The molecule has 1 aromatic heterocycles. The van der Waals surface area contributed by atoms with Crippen LogP contribution in [0.15, 0.2) is 86.5 Å². The van der Waals surface area contributed by atoms with Gasteiger partial charge in [-0.15, -0.1) is 0 Å². The molecule has 3 amide bonds. The highest BCUT2D eigenvalue weighted by Crippen LogP contribution is 2.32. The summed E-state index contributed by atoms with van der Waals surface area (Å²) in [6.45, 7) is 2.48. The van der Waals surface area contributed by atoms with Crippen LogP contribution in [-0.2, 0) is 22.6 Å². The van der Waals surface area contributed by atoms with E-state index in [9.17, 15) is 19.2 Å². The molecule has 6 rings (SSSR count). The molecule has 2 aliphatic heterocycles. The zero-order valence-electron chi connectivity index (χ0n) is 24.6. The molecule has 232 valence electrons. The monoisotopic (exact) mass is 689 g/mol. The van der Waals surface area contributed by atoms with E-state index < -0.39 is 11.9 Å². The Balaban J connectivity index is 1.18. The van der Waals surface area contributed by atoms with Crippen LogP contribution in [-0.4, -0.2) is 53.2 Å². The second-order valence-electron chi connectivity index (χ2n) is 11.7. The molecular formula is C35H33BrClN3O5. The van der Waals surface area contributed by atoms with E-state index in [1.165, 1.54) is 5.56 Å². The lowest BCUT2D eigenvalue weighted by Crippen LogP contribution is -2.51. The molecule has 1 atom stereocenters. The summed E-state index contributed by atoms with van der Waals surface area (Å²) in [6, 6.07) is 20.7. The van der Waals surface area contributed by atoms with Crippen LogP contribution in [0.5, 0.6) is 0 Å². The van der Waals surface area contributed by atoms with E-state index >= 15 is 0 Å². The zero-order chi connectivity index (χ0) is 31.5. The summed E-state index contributed by atoms with van der Waals surface area (Å²) in [5.41, 5.74) is 3.17. The highest BCUT2D eigenvalue weighted by Gasteiger charge is 2.32. The molecule has 0 bridgehead atoms. The Morgan fingerprint density at radius 2 is 1.73 bits per heavy atom. The van der Waals surface area contributed by atoms with Gasteiger partial charge in [-0.3, -0.25) is 19.2 Å². The van der Waals surface area contributed by atoms with Crippen molar-refractivity contribution in [2.24, 2.45) is 0 Å². The minimum Gasteiger partial charge on any atom is -0.451 e. The Morgan fingerprint density at radius 1 is 0.978 bits per heavy atom. The van der Waals surface area contributed by atoms with Gasteiger partial charge in [-0.05, 0) is 72.2 Å². The van der Waals surface area contributed by atoms with E-state index in [4.69, 9.17) is 16.0 Å². The fourth-order valence-electron chi connectivity index (χ4n) is 6.31. The van der Waals surface area contributed by atoms with Gasteiger partial charge in [0.15, 0.2) is 11.2 Å². The lowest BCUT2D eigenvalue weighted by Gasteiger charge is -2.35. The van der Waals surface area contributed by atoms with Gasteiger partial charge in [-0.2, -0.15) is 0 Å². The number of carbonyl (C=O) groups excluding carboxylic acids is 3. The molecule has 0 radical (unpaired) electrons. The maximum atomic E-state index is 14.0. The third-order valence-electron chi connectivity index (χ3n) is 8.70. The quantitative estimate of drug-likeness (QED) is 0.242. The van der Waals surface area contributed by atoms with Crippen LogP contribution in [0.4, 0.5) is 0 Å². The standard InChI is InChI=1S/C35H33BrClN3O5/c36-25-9-12-31-28(19-25)30(41)20-32(45-31)34(43)38-29(18-22-7-10-26(37)11-8-22)35(44)39-16-13-23(14-17-39)27-5-2-1-4-24(27)21-40-15-3-6-33(40)42/h1-2,4-5,7-12,19-20,23,29H,3,6,13-18,21H2,(H,38,43)/t29-/m1/s1. The van der Waals surface area contributed by atoms with Crippen molar-refractivity contribution >= 4 is 56.2 Å². The summed E-state index contributed by atoms with van der Waals surface area (Å²) < 4.78 is 6.50. The highest BCUT2D eigenvalue weighted by molar-refractivity contribution is 9.10. The summed E-state index contributed by atoms with van der Waals surface area (Å²) in [7, 11) is 0. The third-order valence-corrected chi connectivity index (χ3v) is 9.45. The number of rotatable bonds is 8. The van der Waals surface area contributed by atoms with Crippen molar-refractivity contribution in [3.8, 4) is 0 Å². The average molecular weight is 691 g/mol. The van der Waals surface area contributed by atoms with Crippen LogP contribution >= 0.6 is 27.5 Å². The van der Waals surface area contributed by atoms with E-state index in [0.29, 0.717) is 36.5 Å². The first-order chi connectivity index (χ1) is 21.7. The first kappa shape index (κ1) is 31.0. The topological polar surface area (TPSA) is 99.9 Å². The molecule has 0 unspecified atom stereocenters. The summed E-state index contributed by atoms with van der Waals surface area (Å²) in [4.78, 5) is 56.2. The molecule has 8 nitrogen and oxygen atoms in total. The van der Waals surface area contributed by atoms with Gasteiger partial charge < -0.3 is 19.5 Å². The van der Waals surface area contributed by atoms with Gasteiger partial charge in [-0.1, -0.05) is 63.9 Å². The third kappa shape index (κ3) is 7.15. The fourth-order valence-corrected chi connectivity index (χ4v) is 6.80. The SMILES string of the molecule is O=C(N[C@H](Cc1ccc(Cl)cc1)C(=O)N1CCC(c2ccccc2CN2CCCC2=O)CC1)c1cc(=O)c2cc(Br)ccc2o1. The second kappa shape index (κ2) is 13.6. The number of hydrogen-bond donors (Lipinski definition) is 1. The normalized spacial score (nSPS) is 16.3. The van der Waals surface area contributed by atoms with Crippen molar-refractivity contribution in [2.75, 3.05) is 19.6 Å². The molecular weight excluding hydrogens is 658 g/mol. The number of carbonyl (C=O) groups is 3. The Morgan fingerprint density at radius 3 is 2.47 bits per heavy atom. The van der Waals surface area contributed by atoms with Crippen LogP contribution in [0.25, 0.3) is 11.0 Å². The molecule has 2 saturated heterocycles. The van der Waals surface area contributed by atoms with E-state index in [2.05, 4.69) is 33.4 Å². The van der Waals surface area contributed by atoms with Gasteiger partial charge in [0.2, 0.25) is 11.8 Å². The van der Waals surface area contributed by atoms with Gasteiger partial charge in [0.05, 0.1) is 5.39 Å². The van der Waals surface area contributed by atoms with Gasteiger partial charge in [0.25, 0.3) is 5.91 Å². The lowest BCUT2D eigenvalue weighted by atomic mass is 9.86. The van der Waals surface area contributed by atoms with Gasteiger partial charge in [0.1, 0.15) is 11.6 Å². The number of nitrogens with one attached hydrogen (secondary N) is 1. The number of nitrogens with zero attached hydrogens (tertiary/aromatic N) is 2. The number of amides is 3. The van der Waals surface area contributed by atoms with Crippen molar-refractivity contribution in [1.29, 1.82) is 0 Å². The van der Waals surface area contributed by atoms with Gasteiger partial charge in [0, 0.05) is 54.6 Å². The molecule has 0 aliphatic carbocycles. The van der Waals surface area contributed by atoms with Crippen LogP contribution in [0.2, 0.25) is 5.02 Å². The molecule has 2 fully saturated rings. The van der Waals surface area contributed by atoms with Crippen molar-refractivity contribution in [3.63, 3.8) is 0 Å². The molecule has 10 heteroatoms. The summed E-state index contributed by atoms with van der Waals surface area (Å²) in [5.74, 6) is -0.519. The number of benzene rings is 3. The van der Waals surface area contributed by atoms with E-state index in [-0.39, 0.29) is 40.9 Å². The first-order valence-electron chi connectivity index (χ1n) is 15.2. The summed E-state index contributed by atoms with van der Waals surface area (Å²) in [5, 5.41) is 3.78. The fraction of sp³-hybridized carbons (Fsp3) is 0.314. The smallest absolute Gasteiger partial charge is 0.287 e. The predicted molar refractivity (Wildman–Crippen MR) is 176 cm³/mol. The van der Waals surface area contributed by atoms with Crippen molar-refractivity contribution in [3.05, 3.63) is 115 Å². The van der Waals surface area contributed by atoms with Gasteiger partial charge in [-0.25, -0.2) is 0 Å². The number of fused-ring (bicyclic) bond motifs is 1. The summed E-state index contributed by atoms with van der Waals surface area (Å²) in [6.07, 6.45) is 3.31. The molecule has 2 aliphatic rings. The largest absolute Gasteiger partial charge is 0.451 e. The lowest BCUT2D eigenvalue weighted by molar-refractivity contribution is -0.134. The predicted octanol–water partition coefficient (Wildman–Crippen LogP) is 6.08. The van der Waals surface area contributed by atoms with Gasteiger partial charge >= 0.3 is 0 Å². The maximum absolute atomic E-state index is 14.0. The minimum atomic E-state index is -0.880. The maximum Gasteiger partial charge on any atom is 0.287 e. The van der Waals surface area contributed by atoms with Crippen molar-refractivity contribution in [1.82, 2.24) is 15.1 Å². The van der Waals surface area contributed by atoms with Crippen LogP contribution in [0.3, 0.4) is 0 Å².